The van der Waals surface area contributed by atoms with Gasteiger partial charge in [-0.15, -0.1) is 0 Å². The zero-order chi connectivity index (χ0) is 13.1. The maximum absolute atomic E-state index is 13.0. The van der Waals surface area contributed by atoms with Crippen molar-refractivity contribution in [3.63, 3.8) is 0 Å². The van der Waals surface area contributed by atoms with Gasteiger partial charge in [0.2, 0.25) is 0 Å². The van der Waals surface area contributed by atoms with Gasteiger partial charge in [0.05, 0.1) is 5.56 Å². The second kappa shape index (κ2) is 5.15. The van der Waals surface area contributed by atoms with Crippen molar-refractivity contribution in [2.75, 3.05) is 0 Å². The predicted octanol–water partition coefficient (Wildman–Crippen LogP) is 3.04. The van der Waals surface area contributed by atoms with E-state index in [0.717, 1.165) is 6.07 Å². The summed E-state index contributed by atoms with van der Waals surface area (Å²) in [6.45, 7) is 0. The summed E-state index contributed by atoms with van der Waals surface area (Å²) in [6, 6.07) is 4.25. The van der Waals surface area contributed by atoms with E-state index in [4.69, 9.17) is 11.0 Å². The first kappa shape index (κ1) is 13.5. The van der Waals surface area contributed by atoms with Gasteiger partial charge in [0.25, 0.3) is 0 Å². The van der Waals surface area contributed by atoms with Crippen LogP contribution in [0.2, 0.25) is 0 Å². The molecule has 0 heterocycles. The molecule has 0 saturated carbocycles. The van der Waals surface area contributed by atoms with E-state index in [2.05, 4.69) is 0 Å². The second-order valence-electron chi connectivity index (χ2n) is 3.61. The molecule has 0 bridgehead atoms. The Morgan fingerprint density at radius 2 is 2.00 bits per heavy atom. The fourth-order valence-corrected chi connectivity index (χ4v) is 1.35. The van der Waals surface area contributed by atoms with Gasteiger partial charge < -0.3 is 5.73 Å². The van der Waals surface area contributed by atoms with Crippen LogP contribution in [0.15, 0.2) is 18.2 Å². The molecule has 0 saturated heterocycles. The van der Waals surface area contributed by atoms with Gasteiger partial charge in [-0.2, -0.15) is 18.4 Å². The molecule has 0 aliphatic carbocycles. The average Bonchev–Trinajstić information content (AvgIpc) is 2.25. The van der Waals surface area contributed by atoms with Crippen LogP contribution in [0.4, 0.5) is 17.6 Å². The van der Waals surface area contributed by atoms with Crippen LogP contribution in [0.5, 0.6) is 0 Å². The van der Waals surface area contributed by atoms with Crippen LogP contribution in [0.3, 0.4) is 0 Å². The SMILES string of the molecule is N#Cc1cc([C@H](N)CCC(F)(F)F)ccc1F. The molecule has 0 spiro atoms. The molecular formula is C11H10F4N2. The lowest BCUT2D eigenvalue weighted by atomic mass is 10.0. The quantitative estimate of drug-likeness (QED) is 0.833. The number of hydrogen-bond acceptors (Lipinski definition) is 2. The van der Waals surface area contributed by atoms with E-state index < -0.39 is 24.5 Å². The molecule has 1 rings (SSSR count). The van der Waals surface area contributed by atoms with Gasteiger partial charge in [0, 0.05) is 12.5 Å². The number of nitrogens with two attached hydrogens (primary N) is 1. The van der Waals surface area contributed by atoms with Crippen LogP contribution in [-0.4, -0.2) is 6.18 Å². The molecule has 0 amide bonds. The van der Waals surface area contributed by atoms with Crippen molar-refractivity contribution in [3.05, 3.63) is 35.1 Å². The lowest BCUT2D eigenvalue weighted by Gasteiger charge is -2.13. The van der Waals surface area contributed by atoms with Crippen LogP contribution >= 0.6 is 0 Å². The predicted molar refractivity (Wildman–Crippen MR) is 53.3 cm³/mol. The molecule has 2 N–H and O–H groups in total. The molecular weight excluding hydrogens is 236 g/mol. The van der Waals surface area contributed by atoms with E-state index in [-0.39, 0.29) is 12.0 Å². The highest BCUT2D eigenvalue weighted by Gasteiger charge is 2.27. The van der Waals surface area contributed by atoms with E-state index >= 15 is 0 Å². The number of nitriles is 1. The maximum Gasteiger partial charge on any atom is 0.389 e. The Hall–Kier alpha value is -1.61. The van der Waals surface area contributed by atoms with Crippen LogP contribution in [0.25, 0.3) is 0 Å². The van der Waals surface area contributed by atoms with E-state index in [9.17, 15) is 17.6 Å². The molecule has 0 unspecified atom stereocenters. The van der Waals surface area contributed by atoms with Crippen LogP contribution < -0.4 is 5.73 Å². The molecule has 0 aliphatic rings. The third kappa shape index (κ3) is 4.04. The van der Waals surface area contributed by atoms with Gasteiger partial charge in [-0.05, 0) is 24.1 Å². The standard InChI is InChI=1S/C11H10F4N2/c12-9-2-1-7(5-8(9)6-16)10(17)3-4-11(13,14)15/h1-2,5,10H,3-4,17H2/t10-/m1/s1. The highest BCUT2D eigenvalue weighted by Crippen LogP contribution is 2.26. The Morgan fingerprint density at radius 1 is 1.35 bits per heavy atom. The Labute approximate surface area is 95.7 Å². The molecule has 0 aromatic heterocycles. The van der Waals surface area contributed by atoms with Gasteiger partial charge in [-0.25, -0.2) is 4.39 Å². The Kier molecular flexibility index (Phi) is 4.07. The minimum absolute atomic E-state index is 0.218. The summed E-state index contributed by atoms with van der Waals surface area (Å²) in [5.41, 5.74) is 5.65. The largest absolute Gasteiger partial charge is 0.389 e. The minimum Gasteiger partial charge on any atom is -0.324 e. The molecule has 1 atom stereocenters. The first-order valence-electron chi connectivity index (χ1n) is 4.85. The number of alkyl halides is 3. The number of benzene rings is 1. The molecule has 1 aromatic carbocycles. The van der Waals surface area contributed by atoms with Gasteiger partial charge in [0.1, 0.15) is 11.9 Å². The third-order valence-corrected chi connectivity index (χ3v) is 2.28. The fourth-order valence-electron chi connectivity index (χ4n) is 1.35. The highest BCUT2D eigenvalue weighted by atomic mass is 19.4. The zero-order valence-electron chi connectivity index (χ0n) is 8.76. The monoisotopic (exact) mass is 246 g/mol. The maximum atomic E-state index is 13.0. The van der Waals surface area contributed by atoms with Crippen molar-refractivity contribution in [2.45, 2.75) is 25.1 Å². The smallest absolute Gasteiger partial charge is 0.324 e. The molecule has 0 aliphatic heterocycles. The number of nitrogens with zero attached hydrogens (tertiary/aromatic N) is 1. The summed E-state index contributed by atoms with van der Waals surface area (Å²) in [7, 11) is 0. The van der Waals surface area contributed by atoms with Gasteiger partial charge in [0.15, 0.2) is 0 Å². The highest BCUT2D eigenvalue weighted by molar-refractivity contribution is 5.35. The molecule has 0 radical (unpaired) electrons. The lowest BCUT2D eigenvalue weighted by Crippen LogP contribution is -2.16. The second-order valence-corrected chi connectivity index (χ2v) is 3.61. The normalized spacial score (nSPS) is 13.2. The Bertz CT molecular complexity index is 434. The molecule has 2 nitrogen and oxygen atoms in total. The third-order valence-electron chi connectivity index (χ3n) is 2.28. The fraction of sp³-hybridized carbons (Fsp3) is 0.364. The van der Waals surface area contributed by atoms with Crippen molar-refractivity contribution in [1.82, 2.24) is 0 Å². The molecule has 0 fully saturated rings. The minimum atomic E-state index is -4.27. The van der Waals surface area contributed by atoms with E-state index in [1.807, 2.05) is 0 Å². The van der Waals surface area contributed by atoms with Crippen LogP contribution in [0, 0.1) is 17.1 Å². The van der Waals surface area contributed by atoms with Crippen molar-refractivity contribution in [2.24, 2.45) is 5.73 Å². The first-order valence-corrected chi connectivity index (χ1v) is 4.85. The van der Waals surface area contributed by atoms with E-state index in [0.29, 0.717) is 5.56 Å². The summed E-state index contributed by atoms with van der Waals surface area (Å²) in [4.78, 5) is 0. The van der Waals surface area contributed by atoms with E-state index in [1.165, 1.54) is 12.1 Å². The first-order chi connectivity index (χ1) is 7.83. The van der Waals surface area contributed by atoms with Crippen molar-refractivity contribution < 1.29 is 17.6 Å². The Morgan fingerprint density at radius 3 is 2.53 bits per heavy atom. The van der Waals surface area contributed by atoms with Crippen molar-refractivity contribution in [3.8, 4) is 6.07 Å². The summed E-state index contributed by atoms with van der Waals surface area (Å²) in [6.07, 6.45) is -5.57. The molecule has 1 aromatic rings. The molecule has 17 heavy (non-hydrogen) atoms. The number of halogens is 4. The van der Waals surface area contributed by atoms with Crippen LogP contribution in [-0.2, 0) is 0 Å². The number of rotatable bonds is 3. The van der Waals surface area contributed by atoms with E-state index in [1.54, 1.807) is 6.07 Å². The van der Waals surface area contributed by atoms with Crippen molar-refractivity contribution >= 4 is 0 Å². The molecule has 92 valence electrons. The lowest BCUT2D eigenvalue weighted by molar-refractivity contribution is -0.136. The zero-order valence-corrected chi connectivity index (χ0v) is 8.76. The van der Waals surface area contributed by atoms with Crippen LogP contribution in [0.1, 0.15) is 30.0 Å². The summed E-state index contributed by atoms with van der Waals surface area (Å²) in [5.74, 6) is -0.709. The average molecular weight is 246 g/mol. The van der Waals surface area contributed by atoms with Gasteiger partial charge >= 0.3 is 6.18 Å². The summed E-state index contributed by atoms with van der Waals surface area (Å²) in [5, 5.41) is 8.57. The van der Waals surface area contributed by atoms with Gasteiger partial charge in [-0.3, -0.25) is 0 Å². The van der Waals surface area contributed by atoms with Gasteiger partial charge in [-0.1, -0.05) is 6.07 Å². The topological polar surface area (TPSA) is 49.8 Å². The molecule has 6 heteroatoms. The van der Waals surface area contributed by atoms with Crippen molar-refractivity contribution in [1.29, 1.82) is 5.26 Å². The Balaban J connectivity index is 2.77. The summed E-state index contributed by atoms with van der Waals surface area (Å²) < 4.78 is 48.9. The summed E-state index contributed by atoms with van der Waals surface area (Å²) >= 11 is 0. The number of hydrogen-bond donors (Lipinski definition) is 1.